The largest absolute Gasteiger partial charge is 0.369 e. The molecule has 0 saturated heterocycles. The van der Waals surface area contributed by atoms with Crippen molar-refractivity contribution >= 4 is 25.3 Å². The molecule has 3 nitrogen and oxygen atoms in total. The summed E-state index contributed by atoms with van der Waals surface area (Å²) >= 11 is 0. The Morgan fingerprint density at radius 1 is 1.20 bits per heavy atom. The molecule has 0 spiro atoms. The summed E-state index contributed by atoms with van der Waals surface area (Å²) in [6.07, 6.45) is 3.49. The molecular weight excluding hydrogens is 341 g/mol. The molecule has 1 aromatic heterocycles. The van der Waals surface area contributed by atoms with Gasteiger partial charge in [-0.25, -0.2) is 8.78 Å². The molecule has 2 rings (SSSR count). The summed E-state index contributed by atoms with van der Waals surface area (Å²) in [5.74, 6) is -1.73. The summed E-state index contributed by atoms with van der Waals surface area (Å²) in [6.45, 7) is 5.95. The number of carbonyl (C=O) groups excluding carboxylic acids is 1. The van der Waals surface area contributed by atoms with Crippen molar-refractivity contribution in [3.63, 3.8) is 0 Å². The van der Waals surface area contributed by atoms with Crippen LogP contribution in [0.2, 0.25) is 0 Å². The Labute approximate surface area is 148 Å². The van der Waals surface area contributed by atoms with Crippen molar-refractivity contribution in [3.05, 3.63) is 42.1 Å². The molecule has 0 radical (unpaired) electrons. The fourth-order valence-electron chi connectivity index (χ4n) is 2.72. The Kier molecular flexibility index (Phi) is 6.60. The molecule has 0 saturated carbocycles. The number of benzene rings is 1. The number of rotatable bonds is 7. The molecule has 0 aliphatic heterocycles. The van der Waals surface area contributed by atoms with Gasteiger partial charge in [0.05, 0.1) is 11.1 Å². The lowest BCUT2D eigenvalue weighted by molar-refractivity contribution is -0.108. The van der Waals surface area contributed by atoms with Crippen molar-refractivity contribution in [2.45, 2.75) is 25.8 Å². The van der Waals surface area contributed by atoms with Gasteiger partial charge in [-0.3, -0.25) is 4.98 Å². The monoisotopic (exact) mass is 364 g/mol. The molecule has 1 unspecified atom stereocenters. The second-order valence-corrected chi connectivity index (χ2v) is 8.45. The highest BCUT2D eigenvalue weighted by Crippen LogP contribution is 2.34. The lowest BCUT2D eigenvalue weighted by Crippen LogP contribution is -2.30. The van der Waals surface area contributed by atoms with Crippen molar-refractivity contribution in [1.29, 1.82) is 0 Å². The van der Waals surface area contributed by atoms with Gasteiger partial charge in [-0.2, -0.15) is 0 Å². The van der Waals surface area contributed by atoms with Crippen LogP contribution in [0.5, 0.6) is 0 Å². The molecule has 134 valence electrons. The van der Waals surface area contributed by atoms with E-state index in [1.165, 1.54) is 0 Å². The van der Waals surface area contributed by atoms with Gasteiger partial charge in [-0.1, -0.05) is 14.0 Å². The lowest BCUT2D eigenvalue weighted by Gasteiger charge is -2.27. The van der Waals surface area contributed by atoms with Crippen LogP contribution in [0.4, 0.5) is 14.5 Å². The average molecular weight is 364 g/mol. The zero-order chi connectivity index (χ0) is 18.6. The molecule has 6 heteroatoms. The first-order chi connectivity index (χ1) is 11.9. The summed E-state index contributed by atoms with van der Waals surface area (Å²) in [7, 11) is 1.17. The topological polar surface area (TPSA) is 33.2 Å². The van der Waals surface area contributed by atoms with Gasteiger partial charge in [0.1, 0.15) is 6.29 Å². The summed E-state index contributed by atoms with van der Waals surface area (Å²) in [6, 6.07) is 6.64. The minimum atomic E-state index is -0.871. The molecule has 0 bridgehead atoms. The number of nitrogens with zero attached hydrogens (tertiary/aromatic N) is 2. The predicted octanol–water partition coefficient (Wildman–Crippen LogP) is 4.20. The third-order valence-electron chi connectivity index (χ3n) is 4.31. The number of hydrogen-bond acceptors (Lipinski definition) is 3. The van der Waals surface area contributed by atoms with E-state index in [1.807, 2.05) is 20.3 Å². The molecule has 2 aromatic rings. The number of carbonyl (C=O) groups is 1. The first-order valence-corrected chi connectivity index (χ1v) is 10.4. The van der Waals surface area contributed by atoms with E-state index in [2.05, 4.69) is 4.98 Å². The Bertz CT molecular complexity index is 752. The molecule has 0 fully saturated rings. The van der Waals surface area contributed by atoms with Gasteiger partial charge in [0.2, 0.25) is 0 Å². The van der Waals surface area contributed by atoms with Crippen LogP contribution in [-0.4, -0.2) is 37.7 Å². The van der Waals surface area contributed by atoms with Gasteiger partial charge < -0.3 is 9.69 Å². The van der Waals surface area contributed by atoms with Gasteiger partial charge in [-0.05, 0) is 44.9 Å². The number of aromatic nitrogens is 1. The van der Waals surface area contributed by atoms with Crippen molar-refractivity contribution < 1.29 is 13.6 Å². The van der Waals surface area contributed by atoms with Crippen LogP contribution in [0, 0.1) is 11.6 Å². The van der Waals surface area contributed by atoms with Gasteiger partial charge in [0.25, 0.3) is 0 Å². The summed E-state index contributed by atoms with van der Waals surface area (Å²) in [5, 5.41) is 0. The van der Waals surface area contributed by atoms with Crippen molar-refractivity contribution in [2.24, 2.45) is 0 Å². The zero-order valence-electron chi connectivity index (χ0n) is 15.0. The number of anilines is 1. The van der Waals surface area contributed by atoms with E-state index in [0.29, 0.717) is 18.4 Å². The van der Waals surface area contributed by atoms with Gasteiger partial charge in [-0.15, -0.1) is 0 Å². The van der Waals surface area contributed by atoms with Gasteiger partial charge in [0.15, 0.2) is 11.6 Å². The van der Waals surface area contributed by atoms with Crippen LogP contribution < -0.4 is 10.3 Å². The van der Waals surface area contributed by atoms with E-state index in [9.17, 15) is 13.6 Å². The second kappa shape index (κ2) is 8.48. The molecule has 0 N–H and O–H groups in total. The van der Waals surface area contributed by atoms with Crippen LogP contribution in [0.3, 0.4) is 0 Å². The van der Waals surface area contributed by atoms with Crippen molar-refractivity contribution in [2.75, 3.05) is 25.3 Å². The van der Waals surface area contributed by atoms with Crippen LogP contribution >= 0.6 is 7.92 Å². The maximum Gasteiger partial charge on any atom is 0.182 e. The van der Waals surface area contributed by atoms with Crippen LogP contribution in [0.25, 0.3) is 11.1 Å². The number of pyridine rings is 1. The molecule has 0 amide bonds. The number of aldehydes is 1. The maximum atomic E-state index is 14.8. The summed E-state index contributed by atoms with van der Waals surface area (Å²) in [4.78, 5) is 16.5. The minimum Gasteiger partial charge on any atom is -0.369 e. The Morgan fingerprint density at radius 3 is 2.56 bits per heavy atom. The molecule has 0 aliphatic carbocycles. The van der Waals surface area contributed by atoms with E-state index in [0.717, 1.165) is 11.7 Å². The van der Waals surface area contributed by atoms with Crippen molar-refractivity contribution in [1.82, 2.24) is 4.98 Å². The highest BCUT2D eigenvalue weighted by molar-refractivity contribution is 7.64. The van der Waals surface area contributed by atoms with E-state index in [4.69, 9.17) is 0 Å². The fourth-order valence-corrected chi connectivity index (χ4v) is 3.70. The smallest absolute Gasteiger partial charge is 0.182 e. The highest BCUT2D eigenvalue weighted by Gasteiger charge is 2.21. The molecule has 1 heterocycles. The van der Waals surface area contributed by atoms with Crippen LogP contribution in [-0.2, 0) is 4.79 Å². The van der Waals surface area contributed by atoms with E-state index in [-0.39, 0.29) is 17.3 Å². The van der Waals surface area contributed by atoms with Crippen molar-refractivity contribution in [3.8, 4) is 11.1 Å². The molecule has 1 aromatic carbocycles. The maximum absolute atomic E-state index is 14.8. The molecule has 1 atom stereocenters. The number of hydrogen-bond donors (Lipinski definition) is 0. The van der Waals surface area contributed by atoms with Gasteiger partial charge >= 0.3 is 0 Å². The summed E-state index contributed by atoms with van der Waals surface area (Å²) in [5.41, 5.74) is 1.87. The number of halogens is 2. The first-order valence-electron chi connectivity index (χ1n) is 8.15. The predicted molar refractivity (Wildman–Crippen MR) is 101 cm³/mol. The molecular formula is C19H23F2N2OP. The Morgan fingerprint density at radius 2 is 1.92 bits per heavy atom. The fraction of sp³-hybridized carbons (Fsp3) is 0.368. The zero-order valence-corrected chi connectivity index (χ0v) is 15.9. The van der Waals surface area contributed by atoms with E-state index in [1.54, 1.807) is 42.4 Å². The SMILES string of the molecule is CC(CCC=O)N(C)c1ccc(-c2cccnc2P(C)C)c(F)c1F. The third-order valence-corrected chi connectivity index (χ3v) is 5.51. The van der Waals surface area contributed by atoms with Crippen LogP contribution in [0.1, 0.15) is 19.8 Å². The van der Waals surface area contributed by atoms with Gasteiger partial charge in [0, 0.05) is 36.8 Å². The normalized spacial score (nSPS) is 12.3. The average Bonchev–Trinajstić information content (AvgIpc) is 2.61. The van der Waals surface area contributed by atoms with E-state index >= 15 is 0 Å². The van der Waals surface area contributed by atoms with Crippen LogP contribution in [0.15, 0.2) is 30.5 Å². The van der Waals surface area contributed by atoms with E-state index < -0.39 is 19.6 Å². The third kappa shape index (κ3) is 4.21. The first kappa shape index (κ1) is 19.5. The quantitative estimate of drug-likeness (QED) is 0.545. The second-order valence-electron chi connectivity index (χ2n) is 6.23. The molecule has 25 heavy (non-hydrogen) atoms. The highest BCUT2D eigenvalue weighted by atomic mass is 31.1. The Hall–Kier alpha value is -1.87. The standard InChI is InChI=1S/C19H23F2N2OP/c1-13(7-6-12-24)23(2)16-10-9-14(17(20)18(16)21)15-8-5-11-22-19(15)25(3)4/h5,8-13H,6-7H2,1-4H3. The lowest BCUT2D eigenvalue weighted by atomic mass is 10.0. The molecule has 0 aliphatic rings. The summed E-state index contributed by atoms with van der Waals surface area (Å²) < 4.78 is 29.5. The Balaban J connectivity index is 2.43. The minimum absolute atomic E-state index is 0.0713.